The Morgan fingerprint density at radius 1 is 0.949 bits per heavy atom. The van der Waals surface area contributed by atoms with E-state index in [1.807, 2.05) is 0 Å². The largest absolute Gasteiger partial charge is 0.490 e. The van der Waals surface area contributed by atoms with E-state index in [1.165, 1.54) is 37.8 Å². The van der Waals surface area contributed by atoms with E-state index in [4.69, 9.17) is 30.0 Å². The Bertz CT molecular complexity index is 1010. The highest BCUT2D eigenvalue weighted by atomic mass is 19.4. The Kier molecular flexibility index (Phi) is 11.6. The van der Waals surface area contributed by atoms with E-state index in [9.17, 15) is 26.3 Å². The fourth-order valence-electron chi connectivity index (χ4n) is 4.20. The molecular formula is C24H30F6N4O5. The summed E-state index contributed by atoms with van der Waals surface area (Å²) in [6.07, 6.45) is 0.575. The van der Waals surface area contributed by atoms with Gasteiger partial charge < -0.3 is 30.6 Å². The molecule has 218 valence electrons. The third-order valence-electron chi connectivity index (χ3n) is 6.09. The van der Waals surface area contributed by atoms with Crippen LogP contribution >= 0.6 is 0 Å². The molecule has 0 radical (unpaired) electrons. The minimum absolute atomic E-state index is 0.323. The Labute approximate surface area is 220 Å². The number of aromatic nitrogens is 1. The maximum atomic E-state index is 10.6. The molecule has 0 bridgehead atoms. The number of hydrogen-bond acceptors (Lipinski definition) is 7. The second-order valence-electron chi connectivity index (χ2n) is 9.00. The lowest BCUT2D eigenvalue weighted by Gasteiger charge is -2.39. The third-order valence-corrected chi connectivity index (χ3v) is 6.09. The standard InChI is InChI=1S/C20H28N4O.2C2HF3O2/c21-18-5-1-2-6-19(18)23-16-4-3-12-24(14-16)17-9-7-15(8-10-17)20-22-11-13-25-20;2*3-2(4,5)1(6)7/h7-11,13,16,18-19,23H,1-6,12,14,21H2;2*(H,6,7)/t16?,18-,19-;;/m1../s1. The summed E-state index contributed by atoms with van der Waals surface area (Å²) in [6.45, 7) is 2.18. The normalized spacial score (nSPS) is 21.6. The average molecular weight is 569 g/mol. The average Bonchev–Trinajstić information content (AvgIpc) is 3.41. The summed E-state index contributed by atoms with van der Waals surface area (Å²) in [6, 6.07) is 9.89. The quantitative estimate of drug-likeness (QED) is 0.394. The van der Waals surface area contributed by atoms with Crippen molar-refractivity contribution in [1.29, 1.82) is 0 Å². The van der Waals surface area contributed by atoms with Crippen LogP contribution in [0.25, 0.3) is 11.5 Å². The molecule has 15 heteroatoms. The molecule has 2 aromatic rings. The van der Waals surface area contributed by atoms with E-state index in [0.717, 1.165) is 25.1 Å². The highest BCUT2D eigenvalue weighted by Gasteiger charge is 2.39. The summed E-state index contributed by atoms with van der Waals surface area (Å²) in [5.41, 5.74) is 8.61. The van der Waals surface area contributed by atoms with Crippen LogP contribution in [0.5, 0.6) is 0 Å². The van der Waals surface area contributed by atoms with Crippen molar-refractivity contribution < 1.29 is 50.6 Å². The Morgan fingerprint density at radius 2 is 1.51 bits per heavy atom. The monoisotopic (exact) mass is 568 g/mol. The second kappa shape index (κ2) is 14.2. The molecule has 1 saturated carbocycles. The van der Waals surface area contributed by atoms with E-state index in [-0.39, 0.29) is 0 Å². The number of hydrogen-bond donors (Lipinski definition) is 4. The Hall–Kier alpha value is -3.33. The van der Waals surface area contributed by atoms with Gasteiger partial charge in [-0.3, -0.25) is 0 Å². The van der Waals surface area contributed by atoms with Crippen molar-refractivity contribution >= 4 is 17.6 Å². The lowest BCUT2D eigenvalue weighted by molar-refractivity contribution is -0.193. The van der Waals surface area contributed by atoms with Crippen molar-refractivity contribution in [3.05, 3.63) is 36.7 Å². The van der Waals surface area contributed by atoms with Crippen LogP contribution in [0.1, 0.15) is 38.5 Å². The van der Waals surface area contributed by atoms with Crippen LogP contribution in [0.2, 0.25) is 0 Å². The lowest BCUT2D eigenvalue weighted by Crippen LogP contribution is -2.55. The van der Waals surface area contributed by atoms with Crippen LogP contribution in [0, 0.1) is 0 Å². The van der Waals surface area contributed by atoms with Gasteiger partial charge in [0.2, 0.25) is 5.89 Å². The zero-order valence-electron chi connectivity index (χ0n) is 20.7. The summed E-state index contributed by atoms with van der Waals surface area (Å²) in [5.74, 6) is -4.84. The number of nitrogens with two attached hydrogens (primary N) is 1. The van der Waals surface area contributed by atoms with E-state index in [2.05, 4.69) is 39.5 Å². The van der Waals surface area contributed by atoms with Gasteiger partial charge in [0.05, 0.1) is 6.20 Å². The van der Waals surface area contributed by atoms with Gasteiger partial charge in [-0.25, -0.2) is 14.6 Å². The molecule has 1 saturated heterocycles. The fourth-order valence-corrected chi connectivity index (χ4v) is 4.20. The molecule has 1 aromatic heterocycles. The maximum Gasteiger partial charge on any atom is 0.490 e. The van der Waals surface area contributed by atoms with Crippen LogP contribution in [0.4, 0.5) is 32.0 Å². The minimum Gasteiger partial charge on any atom is -0.475 e. The lowest BCUT2D eigenvalue weighted by atomic mass is 9.89. The van der Waals surface area contributed by atoms with Crippen molar-refractivity contribution in [2.45, 2.75) is 69.0 Å². The molecule has 1 aliphatic carbocycles. The number of anilines is 1. The molecule has 2 aliphatic rings. The number of aliphatic carboxylic acids is 2. The smallest absolute Gasteiger partial charge is 0.475 e. The van der Waals surface area contributed by atoms with Crippen LogP contribution in [-0.2, 0) is 9.59 Å². The molecule has 5 N–H and O–H groups in total. The summed E-state index contributed by atoms with van der Waals surface area (Å²) in [4.78, 5) is 24.5. The Morgan fingerprint density at radius 3 is 2.00 bits per heavy atom. The first kappa shape index (κ1) is 31.9. The number of benzene rings is 1. The number of piperidine rings is 1. The molecule has 3 atom stereocenters. The van der Waals surface area contributed by atoms with Gasteiger partial charge in [0.1, 0.15) is 6.26 Å². The number of nitrogens with one attached hydrogen (secondary N) is 1. The minimum atomic E-state index is -5.08. The highest BCUT2D eigenvalue weighted by molar-refractivity contribution is 5.73. The van der Waals surface area contributed by atoms with Crippen molar-refractivity contribution in [3.8, 4) is 11.5 Å². The van der Waals surface area contributed by atoms with Crippen LogP contribution in [0.15, 0.2) is 41.1 Å². The SMILES string of the molecule is N[C@@H]1CCCC[C@H]1NC1CCCN(c2ccc(-c3ncco3)cc2)C1.O=C(O)C(F)(F)F.O=C(O)C(F)(F)F. The highest BCUT2D eigenvalue weighted by Crippen LogP contribution is 2.25. The molecule has 0 amide bonds. The number of carboxylic acids is 2. The van der Waals surface area contributed by atoms with Crippen molar-refractivity contribution in [2.24, 2.45) is 5.73 Å². The second-order valence-corrected chi connectivity index (χ2v) is 9.00. The molecule has 1 unspecified atom stereocenters. The van der Waals surface area contributed by atoms with E-state index >= 15 is 0 Å². The van der Waals surface area contributed by atoms with E-state index < -0.39 is 24.3 Å². The van der Waals surface area contributed by atoms with Gasteiger partial charge >= 0.3 is 24.3 Å². The van der Waals surface area contributed by atoms with Gasteiger partial charge in [0, 0.05) is 42.5 Å². The van der Waals surface area contributed by atoms with Crippen LogP contribution in [-0.4, -0.2) is 70.7 Å². The molecular weight excluding hydrogens is 538 g/mol. The van der Waals surface area contributed by atoms with Gasteiger partial charge in [-0.05, 0) is 49.9 Å². The third kappa shape index (κ3) is 10.8. The zero-order chi connectivity index (χ0) is 29.2. The molecule has 1 aromatic carbocycles. The summed E-state index contributed by atoms with van der Waals surface area (Å²) < 4.78 is 68.8. The van der Waals surface area contributed by atoms with Crippen molar-refractivity contribution in [2.75, 3.05) is 18.0 Å². The number of halogens is 6. The number of rotatable bonds is 4. The molecule has 9 nitrogen and oxygen atoms in total. The Balaban J connectivity index is 0.000000317. The zero-order valence-corrected chi connectivity index (χ0v) is 20.7. The van der Waals surface area contributed by atoms with Gasteiger partial charge in [-0.2, -0.15) is 26.3 Å². The van der Waals surface area contributed by atoms with Gasteiger partial charge in [0.15, 0.2) is 0 Å². The first-order chi connectivity index (χ1) is 18.2. The van der Waals surface area contributed by atoms with Gasteiger partial charge in [-0.1, -0.05) is 12.8 Å². The van der Waals surface area contributed by atoms with Gasteiger partial charge in [0.25, 0.3) is 0 Å². The summed E-state index contributed by atoms with van der Waals surface area (Å²) in [7, 11) is 0. The molecule has 0 spiro atoms. The summed E-state index contributed by atoms with van der Waals surface area (Å²) >= 11 is 0. The molecule has 2 heterocycles. The van der Waals surface area contributed by atoms with Gasteiger partial charge in [-0.15, -0.1) is 0 Å². The predicted octanol–water partition coefficient (Wildman–Crippen LogP) is 4.44. The van der Waals surface area contributed by atoms with Crippen molar-refractivity contribution in [1.82, 2.24) is 10.3 Å². The molecule has 4 rings (SSSR count). The van der Waals surface area contributed by atoms with E-state index in [0.29, 0.717) is 24.0 Å². The molecule has 39 heavy (non-hydrogen) atoms. The predicted molar refractivity (Wildman–Crippen MR) is 128 cm³/mol. The number of carboxylic acid groups (broad SMARTS) is 2. The van der Waals surface area contributed by atoms with Crippen molar-refractivity contribution in [3.63, 3.8) is 0 Å². The number of nitrogens with zero attached hydrogens (tertiary/aromatic N) is 2. The summed E-state index contributed by atoms with van der Waals surface area (Å²) in [5, 5.41) is 18.1. The molecule has 1 aliphatic heterocycles. The number of oxazole rings is 1. The first-order valence-corrected chi connectivity index (χ1v) is 12.0. The topological polar surface area (TPSA) is 142 Å². The number of alkyl halides is 6. The first-order valence-electron chi connectivity index (χ1n) is 12.0. The molecule has 2 fully saturated rings. The van der Waals surface area contributed by atoms with Crippen LogP contribution < -0.4 is 16.0 Å². The maximum absolute atomic E-state index is 10.6. The van der Waals surface area contributed by atoms with E-state index in [1.54, 1.807) is 12.5 Å². The number of carbonyl (C=O) groups is 2. The van der Waals surface area contributed by atoms with Crippen LogP contribution in [0.3, 0.4) is 0 Å². The fraction of sp³-hybridized carbons (Fsp3) is 0.542.